The lowest BCUT2D eigenvalue weighted by atomic mass is 10.1. The molecule has 2 aromatic rings. The number of hydrogen-bond acceptors (Lipinski definition) is 5. The number of halogens is 2. The fourth-order valence-electron chi connectivity index (χ4n) is 3.87. The van der Waals surface area contributed by atoms with Crippen molar-refractivity contribution < 1.29 is 17.9 Å². The van der Waals surface area contributed by atoms with E-state index in [1.54, 1.807) is 12.1 Å². The van der Waals surface area contributed by atoms with E-state index in [1.807, 2.05) is 30.3 Å². The van der Waals surface area contributed by atoms with Crippen molar-refractivity contribution in [1.82, 2.24) is 9.62 Å². The van der Waals surface area contributed by atoms with E-state index in [0.717, 1.165) is 12.0 Å². The molecule has 9 heteroatoms. The summed E-state index contributed by atoms with van der Waals surface area (Å²) in [4.78, 5) is 13.7. The number of rotatable bonds is 10. The standard InChI is InChI=1S/C24H28Cl2N2O4S/c1-32-24(29)10-4-2-3-8-21-15-20(17-28(21)16-18-7-5-6-9-23(18)26)27-33(30,31)22-13-11-19(25)12-14-22/h3,5-9,11-14,20-21,27H,2,4,10,15-17H2,1H3/t20-,21-/m1/s1. The minimum atomic E-state index is -3.67. The highest BCUT2D eigenvalue weighted by atomic mass is 35.5. The second-order valence-corrected chi connectivity index (χ2v) is 10.6. The molecule has 2 aromatic carbocycles. The first-order valence-corrected chi connectivity index (χ1v) is 13.0. The summed E-state index contributed by atoms with van der Waals surface area (Å²) in [6, 6.07) is 13.6. The fraction of sp³-hybridized carbons (Fsp3) is 0.375. The molecule has 2 atom stereocenters. The number of unbranched alkanes of at least 4 members (excludes halogenated alkanes) is 1. The number of methoxy groups -OCH3 is 1. The Labute approximate surface area is 205 Å². The van der Waals surface area contributed by atoms with E-state index in [-0.39, 0.29) is 22.9 Å². The largest absolute Gasteiger partial charge is 0.469 e. The zero-order chi connectivity index (χ0) is 23.8. The van der Waals surface area contributed by atoms with Crippen LogP contribution >= 0.6 is 23.2 Å². The SMILES string of the molecule is COC(=O)CCCC=C[C@@H]1C[C@@H](NS(=O)(=O)c2ccc(Cl)cc2)CN1Cc1ccccc1Cl. The maximum atomic E-state index is 12.9. The van der Waals surface area contributed by atoms with Crippen LogP contribution in [0.2, 0.25) is 10.0 Å². The molecular weight excluding hydrogens is 483 g/mol. The van der Waals surface area contributed by atoms with Gasteiger partial charge in [0, 0.05) is 41.6 Å². The minimum absolute atomic E-state index is 0.0392. The quantitative estimate of drug-likeness (QED) is 0.282. The number of likely N-dealkylation sites (tertiary alicyclic amines) is 1. The third-order valence-electron chi connectivity index (χ3n) is 5.56. The monoisotopic (exact) mass is 510 g/mol. The number of hydrogen-bond donors (Lipinski definition) is 1. The molecule has 0 radical (unpaired) electrons. The maximum absolute atomic E-state index is 12.9. The highest BCUT2D eigenvalue weighted by Gasteiger charge is 2.33. The van der Waals surface area contributed by atoms with Crippen LogP contribution in [0.5, 0.6) is 0 Å². The van der Waals surface area contributed by atoms with Gasteiger partial charge >= 0.3 is 5.97 Å². The van der Waals surface area contributed by atoms with Gasteiger partial charge in [0.05, 0.1) is 12.0 Å². The second kappa shape index (κ2) is 12.0. The normalized spacial score (nSPS) is 19.2. The molecular formula is C24H28Cl2N2O4S. The highest BCUT2D eigenvalue weighted by molar-refractivity contribution is 7.89. The van der Waals surface area contributed by atoms with E-state index in [9.17, 15) is 13.2 Å². The molecule has 0 aromatic heterocycles. The first-order valence-electron chi connectivity index (χ1n) is 10.8. The molecule has 6 nitrogen and oxygen atoms in total. The van der Waals surface area contributed by atoms with Crippen LogP contribution in [0.15, 0.2) is 65.6 Å². The first kappa shape index (κ1) is 25.7. The molecule has 1 heterocycles. The van der Waals surface area contributed by atoms with E-state index in [4.69, 9.17) is 23.2 Å². The Morgan fingerprint density at radius 3 is 2.61 bits per heavy atom. The fourth-order valence-corrected chi connectivity index (χ4v) is 5.43. The van der Waals surface area contributed by atoms with E-state index in [1.165, 1.54) is 19.2 Å². The summed E-state index contributed by atoms with van der Waals surface area (Å²) < 4.78 is 33.2. The molecule has 1 aliphatic heterocycles. The Morgan fingerprint density at radius 1 is 1.18 bits per heavy atom. The number of ether oxygens (including phenoxy) is 1. The van der Waals surface area contributed by atoms with E-state index in [2.05, 4.69) is 20.4 Å². The molecule has 1 N–H and O–H groups in total. The van der Waals surface area contributed by atoms with Crippen molar-refractivity contribution in [2.75, 3.05) is 13.7 Å². The smallest absolute Gasteiger partial charge is 0.305 e. The van der Waals surface area contributed by atoms with E-state index in [0.29, 0.717) is 42.4 Å². The number of benzene rings is 2. The molecule has 178 valence electrons. The zero-order valence-corrected chi connectivity index (χ0v) is 20.7. The average molecular weight is 511 g/mol. The third-order valence-corrected chi connectivity index (χ3v) is 7.72. The summed E-state index contributed by atoms with van der Waals surface area (Å²) in [5.74, 6) is -0.221. The summed E-state index contributed by atoms with van der Waals surface area (Å²) >= 11 is 12.3. The van der Waals surface area contributed by atoms with Crippen LogP contribution in [-0.2, 0) is 26.1 Å². The van der Waals surface area contributed by atoms with Gasteiger partial charge in [-0.3, -0.25) is 9.69 Å². The van der Waals surface area contributed by atoms with Crippen LogP contribution in [0, 0.1) is 0 Å². The molecule has 0 unspecified atom stereocenters. The van der Waals surface area contributed by atoms with Crippen LogP contribution < -0.4 is 4.72 Å². The molecule has 1 saturated heterocycles. The molecule has 1 aliphatic rings. The Hall–Kier alpha value is -1.90. The Morgan fingerprint density at radius 2 is 1.91 bits per heavy atom. The van der Waals surface area contributed by atoms with Crippen molar-refractivity contribution in [3.05, 3.63) is 76.3 Å². The van der Waals surface area contributed by atoms with E-state index >= 15 is 0 Å². The molecule has 0 aliphatic carbocycles. The van der Waals surface area contributed by atoms with Crippen molar-refractivity contribution in [3.8, 4) is 0 Å². The number of sulfonamides is 1. The summed E-state index contributed by atoms with van der Waals surface area (Å²) in [5, 5.41) is 1.17. The number of carbonyl (C=O) groups excluding carboxylic acids is 1. The van der Waals surface area contributed by atoms with Crippen molar-refractivity contribution >= 4 is 39.2 Å². The van der Waals surface area contributed by atoms with Gasteiger partial charge in [0.1, 0.15) is 0 Å². The van der Waals surface area contributed by atoms with Crippen molar-refractivity contribution in [2.24, 2.45) is 0 Å². The predicted molar refractivity (Wildman–Crippen MR) is 131 cm³/mol. The topological polar surface area (TPSA) is 75.7 Å². The van der Waals surface area contributed by atoms with Crippen molar-refractivity contribution in [2.45, 2.75) is 49.2 Å². The number of carbonyl (C=O) groups is 1. The molecule has 0 amide bonds. The Kier molecular flexibility index (Phi) is 9.35. The number of nitrogens with one attached hydrogen (secondary N) is 1. The molecule has 0 spiro atoms. The maximum Gasteiger partial charge on any atom is 0.305 e. The van der Waals surface area contributed by atoms with Gasteiger partial charge in [0.2, 0.25) is 10.0 Å². The number of esters is 1. The van der Waals surface area contributed by atoms with Gasteiger partial charge in [-0.15, -0.1) is 0 Å². The van der Waals surface area contributed by atoms with Crippen LogP contribution in [-0.4, -0.2) is 45.0 Å². The van der Waals surface area contributed by atoms with Crippen molar-refractivity contribution in [3.63, 3.8) is 0 Å². The van der Waals surface area contributed by atoms with Crippen LogP contribution in [0.1, 0.15) is 31.2 Å². The predicted octanol–water partition coefficient (Wildman–Crippen LogP) is 4.81. The molecule has 0 saturated carbocycles. The lowest BCUT2D eigenvalue weighted by Crippen LogP contribution is -2.37. The van der Waals surface area contributed by atoms with Crippen LogP contribution in [0.4, 0.5) is 0 Å². The van der Waals surface area contributed by atoms with E-state index < -0.39 is 10.0 Å². The molecule has 1 fully saturated rings. The first-order chi connectivity index (χ1) is 15.8. The lowest BCUT2D eigenvalue weighted by Gasteiger charge is -2.22. The highest BCUT2D eigenvalue weighted by Crippen LogP contribution is 2.26. The second-order valence-electron chi connectivity index (χ2n) is 7.99. The zero-order valence-electron chi connectivity index (χ0n) is 18.4. The summed E-state index contributed by atoms with van der Waals surface area (Å²) in [6.45, 7) is 1.16. The third kappa shape index (κ3) is 7.55. The van der Waals surface area contributed by atoms with Crippen LogP contribution in [0.25, 0.3) is 0 Å². The van der Waals surface area contributed by atoms with Crippen LogP contribution in [0.3, 0.4) is 0 Å². The van der Waals surface area contributed by atoms with Crippen molar-refractivity contribution in [1.29, 1.82) is 0 Å². The average Bonchev–Trinajstić information content (AvgIpc) is 3.15. The summed E-state index contributed by atoms with van der Waals surface area (Å²) in [5.41, 5.74) is 0.990. The van der Waals surface area contributed by atoms with Gasteiger partial charge in [-0.1, -0.05) is 53.6 Å². The summed E-state index contributed by atoms with van der Waals surface area (Å²) in [6.07, 6.45) is 6.58. The Bertz CT molecular complexity index is 1070. The lowest BCUT2D eigenvalue weighted by molar-refractivity contribution is -0.140. The van der Waals surface area contributed by atoms with Gasteiger partial charge in [-0.05, 0) is 55.2 Å². The van der Waals surface area contributed by atoms with Gasteiger partial charge in [0.15, 0.2) is 0 Å². The number of nitrogens with zero attached hydrogens (tertiary/aromatic N) is 1. The van der Waals surface area contributed by atoms with Gasteiger partial charge in [-0.2, -0.15) is 0 Å². The van der Waals surface area contributed by atoms with Gasteiger partial charge in [0.25, 0.3) is 0 Å². The molecule has 3 rings (SSSR count). The molecule has 0 bridgehead atoms. The minimum Gasteiger partial charge on any atom is -0.469 e. The van der Waals surface area contributed by atoms with Gasteiger partial charge in [-0.25, -0.2) is 13.1 Å². The number of allylic oxidation sites excluding steroid dienone is 1. The molecule has 33 heavy (non-hydrogen) atoms. The summed E-state index contributed by atoms with van der Waals surface area (Å²) in [7, 11) is -2.28. The van der Waals surface area contributed by atoms with Gasteiger partial charge < -0.3 is 4.74 Å². The Balaban J connectivity index is 1.69.